The Balaban J connectivity index is 1.64. The van der Waals surface area contributed by atoms with Crippen LogP contribution in [0.4, 0.5) is 5.69 Å². The molecule has 3 aromatic rings. The molecule has 7 heteroatoms. The summed E-state index contributed by atoms with van der Waals surface area (Å²) in [6.45, 7) is 8.52. The molecule has 3 rings (SSSR count). The number of carbonyl (C=O) groups excluding carboxylic acids is 1. The molecule has 0 radical (unpaired) electrons. The highest BCUT2D eigenvalue weighted by Gasteiger charge is 2.16. The number of anilines is 1. The number of carbonyl (C=O) groups is 1. The molecule has 0 spiro atoms. The molecule has 0 aliphatic rings. The van der Waals surface area contributed by atoms with Crippen molar-refractivity contribution in [2.45, 2.75) is 38.3 Å². The third kappa shape index (κ3) is 4.72. The van der Waals surface area contributed by atoms with E-state index in [9.17, 15) is 4.79 Å². The average molecular weight is 396 g/mol. The van der Waals surface area contributed by atoms with E-state index in [4.69, 9.17) is 5.84 Å². The molecule has 0 saturated carbocycles. The van der Waals surface area contributed by atoms with Gasteiger partial charge in [-0.1, -0.05) is 74.5 Å². The van der Waals surface area contributed by atoms with Crippen LogP contribution in [-0.2, 0) is 10.2 Å². The van der Waals surface area contributed by atoms with Crippen molar-refractivity contribution in [2.24, 2.45) is 0 Å². The molecule has 0 aliphatic heterocycles. The van der Waals surface area contributed by atoms with Crippen molar-refractivity contribution in [3.8, 4) is 11.4 Å². The molecule has 146 valence electrons. The number of thioether (sulfide) groups is 1. The number of rotatable bonds is 5. The Hall–Kier alpha value is -2.80. The standard InChI is InChI=1S/C21H25N5OS/c1-14-5-11-17(12-6-14)23-18(27)13-28-20-25-24-19(26(20)22)15-7-9-16(10-8-15)21(2,3)4/h5-12H,13,22H2,1-4H3,(H,23,27). The first-order chi connectivity index (χ1) is 13.2. The highest BCUT2D eigenvalue weighted by molar-refractivity contribution is 7.99. The Labute approximate surface area is 169 Å². The Morgan fingerprint density at radius 1 is 1.07 bits per heavy atom. The van der Waals surface area contributed by atoms with E-state index in [0.717, 1.165) is 16.8 Å². The van der Waals surface area contributed by atoms with Gasteiger partial charge in [-0.05, 0) is 30.0 Å². The van der Waals surface area contributed by atoms with E-state index in [0.29, 0.717) is 11.0 Å². The minimum atomic E-state index is -0.118. The lowest BCUT2D eigenvalue weighted by Gasteiger charge is -2.19. The fourth-order valence-electron chi connectivity index (χ4n) is 2.66. The lowest BCUT2D eigenvalue weighted by atomic mass is 9.87. The summed E-state index contributed by atoms with van der Waals surface area (Å²) in [6.07, 6.45) is 0. The van der Waals surface area contributed by atoms with Crippen LogP contribution in [-0.4, -0.2) is 26.5 Å². The van der Waals surface area contributed by atoms with Gasteiger partial charge in [0.2, 0.25) is 11.1 Å². The molecule has 0 unspecified atom stereocenters. The number of benzene rings is 2. The maximum absolute atomic E-state index is 12.2. The van der Waals surface area contributed by atoms with Crippen LogP contribution in [0, 0.1) is 6.92 Å². The van der Waals surface area contributed by atoms with Gasteiger partial charge in [0.05, 0.1) is 5.75 Å². The molecule has 6 nitrogen and oxygen atoms in total. The number of amides is 1. The molecular weight excluding hydrogens is 370 g/mol. The van der Waals surface area contributed by atoms with Crippen LogP contribution in [0.15, 0.2) is 53.7 Å². The summed E-state index contributed by atoms with van der Waals surface area (Å²) in [5.41, 5.74) is 4.12. The first-order valence-electron chi connectivity index (χ1n) is 9.05. The third-order valence-corrected chi connectivity index (χ3v) is 5.28. The van der Waals surface area contributed by atoms with Crippen molar-refractivity contribution in [3.05, 3.63) is 59.7 Å². The van der Waals surface area contributed by atoms with E-state index in [1.54, 1.807) is 0 Å². The van der Waals surface area contributed by atoms with Crippen LogP contribution in [0.2, 0.25) is 0 Å². The zero-order valence-corrected chi connectivity index (χ0v) is 17.4. The number of hydrogen-bond donors (Lipinski definition) is 2. The number of nitrogen functional groups attached to an aromatic ring is 1. The molecule has 0 aliphatic carbocycles. The minimum absolute atomic E-state index is 0.0841. The maximum Gasteiger partial charge on any atom is 0.234 e. The largest absolute Gasteiger partial charge is 0.335 e. The van der Waals surface area contributed by atoms with Crippen LogP contribution < -0.4 is 11.2 Å². The number of nitrogens with two attached hydrogens (primary N) is 1. The highest BCUT2D eigenvalue weighted by atomic mass is 32.2. The SMILES string of the molecule is Cc1ccc(NC(=O)CSc2nnc(-c3ccc(C(C)(C)C)cc3)n2N)cc1. The van der Waals surface area contributed by atoms with Gasteiger partial charge in [-0.25, -0.2) is 4.68 Å². The minimum Gasteiger partial charge on any atom is -0.335 e. The fourth-order valence-corrected chi connectivity index (χ4v) is 3.31. The van der Waals surface area contributed by atoms with E-state index < -0.39 is 0 Å². The molecule has 1 heterocycles. The second kappa shape index (κ2) is 8.06. The topological polar surface area (TPSA) is 85.8 Å². The van der Waals surface area contributed by atoms with Gasteiger partial charge < -0.3 is 11.2 Å². The molecule has 1 amide bonds. The summed E-state index contributed by atoms with van der Waals surface area (Å²) in [4.78, 5) is 12.2. The first-order valence-corrected chi connectivity index (χ1v) is 10.0. The van der Waals surface area contributed by atoms with Crippen LogP contribution >= 0.6 is 11.8 Å². The monoisotopic (exact) mass is 395 g/mol. The summed E-state index contributed by atoms with van der Waals surface area (Å²) in [7, 11) is 0. The van der Waals surface area contributed by atoms with E-state index >= 15 is 0 Å². The Morgan fingerprint density at radius 3 is 2.32 bits per heavy atom. The van der Waals surface area contributed by atoms with Gasteiger partial charge in [0.15, 0.2) is 5.82 Å². The molecule has 1 aromatic heterocycles. The van der Waals surface area contributed by atoms with Gasteiger partial charge in [0.1, 0.15) is 0 Å². The predicted octanol–water partition coefficient (Wildman–Crippen LogP) is 4.00. The van der Waals surface area contributed by atoms with E-state index in [2.05, 4.69) is 48.4 Å². The van der Waals surface area contributed by atoms with Crippen LogP contribution in [0.3, 0.4) is 0 Å². The highest BCUT2D eigenvalue weighted by Crippen LogP contribution is 2.26. The third-order valence-electron chi connectivity index (χ3n) is 4.34. The van der Waals surface area contributed by atoms with Crippen LogP contribution in [0.5, 0.6) is 0 Å². The number of nitrogens with zero attached hydrogens (tertiary/aromatic N) is 3. The first kappa shape index (κ1) is 19.9. The molecule has 3 N–H and O–H groups in total. The second-order valence-electron chi connectivity index (χ2n) is 7.71. The Morgan fingerprint density at radius 2 is 1.71 bits per heavy atom. The maximum atomic E-state index is 12.2. The Bertz CT molecular complexity index is 956. The van der Waals surface area contributed by atoms with Crippen LogP contribution in [0.25, 0.3) is 11.4 Å². The Kier molecular flexibility index (Phi) is 5.74. The molecule has 0 saturated heterocycles. The zero-order valence-electron chi connectivity index (χ0n) is 16.6. The second-order valence-corrected chi connectivity index (χ2v) is 8.65. The van der Waals surface area contributed by atoms with Crippen molar-refractivity contribution in [1.29, 1.82) is 0 Å². The fraction of sp³-hybridized carbons (Fsp3) is 0.286. The summed E-state index contributed by atoms with van der Waals surface area (Å²) in [6, 6.07) is 15.8. The molecule has 0 bridgehead atoms. The van der Waals surface area contributed by atoms with Gasteiger partial charge in [0, 0.05) is 11.3 Å². The van der Waals surface area contributed by atoms with Gasteiger partial charge >= 0.3 is 0 Å². The lowest BCUT2D eigenvalue weighted by Crippen LogP contribution is -2.16. The van der Waals surface area contributed by atoms with Crippen molar-refractivity contribution in [3.63, 3.8) is 0 Å². The van der Waals surface area contributed by atoms with Crippen LogP contribution in [0.1, 0.15) is 31.9 Å². The molecule has 0 atom stereocenters. The quantitative estimate of drug-likeness (QED) is 0.504. The predicted molar refractivity (Wildman–Crippen MR) is 115 cm³/mol. The summed E-state index contributed by atoms with van der Waals surface area (Å²) < 4.78 is 1.43. The van der Waals surface area contributed by atoms with Gasteiger partial charge in [-0.3, -0.25) is 4.79 Å². The zero-order chi connectivity index (χ0) is 20.3. The van der Waals surface area contributed by atoms with Crippen molar-refractivity contribution in [2.75, 3.05) is 16.9 Å². The summed E-state index contributed by atoms with van der Waals surface area (Å²) in [5, 5.41) is 11.7. The van der Waals surface area contributed by atoms with Crippen molar-refractivity contribution in [1.82, 2.24) is 14.9 Å². The summed E-state index contributed by atoms with van der Waals surface area (Å²) in [5.74, 6) is 6.81. The number of aryl methyl sites for hydroxylation is 1. The van der Waals surface area contributed by atoms with Gasteiger partial charge in [-0.2, -0.15) is 0 Å². The number of nitrogens with one attached hydrogen (secondary N) is 1. The number of aromatic nitrogens is 3. The molecule has 28 heavy (non-hydrogen) atoms. The number of hydrogen-bond acceptors (Lipinski definition) is 5. The molecular formula is C21H25N5OS. The smallest absolute Gasteiger partial charge is 0.234 e. The molecule has 2 aromatic carbocycles. The van der Waals surface area contributed by atoms with E-state index in [1.807, 2.05) is 43.3 Å². The van der Waals surface area contributed by atoms with E-state index in [-0.39, 0.29) is 17.1 Å². The van der Waals surface area contributed by atoms with Gasteiger partial charge in [-0.15, -0.1) is 10.2 Å². The van der Waals surface area contributed by atoms with E-state index in [1.165, 1.54) is 22.0 Å². The lowest BCUT2D eigenvalue weighted by molar-refractivity contribution is -0.113. The average Bonchev–Trinajstić information content (AvgIpc) is 3.02. The van der Waals surface area contributed by atoms with Crippen molar-refractivity contribution >= 4 is 23.4 Å². The normalized spacial score (nSPS) is 11.4. The van der Waals surface area contributed by atoms with Crippen molar-refractivity contribution < 1.29 is 4.79 Å². The summed E-state index contributed by atoms with van der Waals surface area (Å²) >= 11 is 1.25. The molecule has 0 fully saturated rings. The van der Waals surface area contributed by atoms with Gasteiger partial charge in [0.25, 0.3) is 0 Å².